The maximum Gasteiger partial charge on any atom is 0.226 e. The summed E-state index contributed by atoms with van der Waals surface area (Å²) in [4.78, 5) is 16.4. The normalized spacial score (nSPS) is 20.5. The fraction of sp³-hybridized carbons (Fsp3) is 0.632. The number of likely N-dealkylation sites (tertiary alicyclic amines) is 1. The topological polar surface area (TPSA) is 51.2 Å². The van der Waals surface area contributed by atoms with Gasteiger partial charge in [-0.3, -0.25) is 9.69 Å². The molecule has 0 radical (unpaired) electrons. The van der Waals surface area contributed by atoms with Gasteiger partial charge >= 0.3 is 0 Å². The number of hydrogen-bond acceptors (Lipinski definition) is 5. The molecule has 1 aliphatic rings. The van der Waals surface area contributed by atoms with Crippen LogP contribution < -0.4 is 9.47 Å². The molecular formula is C19H30N2O4. The van der Waals surface area contributed by atoms with Crippen LogP contribution in [0, 0.1) is 11.8 Å². The lowest BCUT2D eigenvalue weighted by molar-refractivity contribution is -0.134. The number of ether oxygens (including phenoxy) is 3. The van der Waals surface area contributed by atoms with Crippen molar-refractivity contribution in [2.24, 2.45) is 11.8 Å². The Balaban J connectivity index is 2.08. The smallest absolute Gasteiger partial charge is 0.226 e. The average molecular weight is 350 g/mol. The van der Waals surface area contributed by atoms with E-state index in [4.69, 9.17) is 14.2 Å². The number of carbonyl (C=O) groups is 1. The van der Waals surface area contributed by atoms with Crippen molar-refractivity contribution in [1.82, 2.24) is 9.80 Å². The largest absolute Gasteiger partial charge is 0.493 e. The number of carbonyl (C=O) groups excluding carboxylic acids is 1. The SMILES string of the molecule is CCOc1ccc(CN2CC(COC)C(C(=O)N(C)C)C2)cc1OC. The van der Waals surface area contributed by atoms with Crippen molar-refractivity contribution in [2.75, 3.05) is 54.6 Å². The minimum Gasteiger partial charge on any atom is -0.493 e. The molecule has 0 bridgehead atoms. The van der Waals surface area contributed by atoms with Crippen LogP contribution in [0.25, 0.3) is 0 Å². The Bertz CT molecular complexity index is 577. The highest BCUT2D eigenvalue weighted by Gasteiger charge is 2.38. The predicted molar refractivity (Wildman–Crippen MR) is 97.0 cm³/mol. The number of hydrogen-bond donors (Lipinski definition) is 0. The third-order valence-corrected chi connectivity index (χ3v) is 4.59. The molecule has 25 heavy (non-hydrogen) atoms. The second-order valence-corrected chi connectivity index (χ2v) is 6.67. The van der Waals surface area contributed by atoms with E-state index in [1.54, 1.807) is 19.1 Å². The van der Waals surface area contributed by atoms with Gasteiger partial charge in [0.1, 0.15) is 0 Å². The Kier molecular flexibility index (Phi) is 7.08. The van der Waals surface area contributed by atoms with Crippen LogP contribution in [0.4, 0.5) is 0 Å². The summed E-state index contributed by atoms with van der Waals surface area (Å²) < 4.78 is 16.3. The molecule has 1 aromatic carbocycles. The third-order valence-electron chi connectivity index (χ3n) is 4.59. The van der Waals surface area contributed by atoms with Crippen molar-refractivity contribution in [3.8, 4) is 11.5 Å². The summed E-state index contributed by atoms with van der Waals surface area (Å²) in [6.07, 6.45) is 0. The van der Waals surface area contributed by atoms with Gasteiger partial charge in [0, 0.05) is 46.8 Å². The molecule has 1 amide bonds. The van der Waals surface area contributed by atoms with E-state index < -0.39 is 0 Å². The van der Waals surface area contributed by atoms with E-state index in [-0.39, 0.29) is 17.7 Å². The Morgan fingerprint density at radius 2 is 2.00 bits per heavy atom. The molecule has 1 heterocycles. The summed E-state index contributed by atoms with van der Waals surface area (Å²) in [7, 11) is 6.97. The van der Waals surface area contributed by atoms with Crippen LogP contribution in [0.3, 0.4) is 0 Å². The van der Waals surface area contributed by atoms with E-state index in [1.807, 2.05) is 33.2 Å². The van der Waals surface area contributed by atoms with Crippen molar-refractivity contribution in [1.29, 1.82) is 0 Å². The number of nitrogens with zero attached hydrogens (tertiary/aromatic N) is 2. The van der Waals surface area contributed by atoms with E-state index in [0.29, 0.717) is 13.2 Å². The van der Waals surface area contributed by atoms with Gasteiger partial charge in [0.15, 0.2) is 11.5 Å². The van der Waals surface area contributed by atoms with Crippen LogP contribution in [0.5, 0.6) is 11.5 Å². The van der Waals surface area contributed by atoms with E-state index in [9.17, 15) is 4.79 Å². The van der Waals surface area contributed by atoms with Gasteiger partial charge in [-0.25, -0.2) is 0 Å². The lowest BCUT2D eigenvalue weighted by atomic mass is 9.96. The summed E-state index contributed by atoms with van der Waals surface area (Å²) in [6, 6.07) is 6.01. The van der Waals surface area contributed by atoms with E-state index >= 15 is 0 Å². The zero-order valence-electron chi connectivity index (χ0n) is 15.9. The molecule has 140 valence electrons. The second kappa shape index (κ2) is 9.06. The fourth-order valence-electron chi connectivity index (χ4n) is 3.43. The number of benzene rings is 1. The monoisotopic (exact) mass is 350 g/mol. The van der Waals surface area contributed by atoms with Crippen molar-refractivity contribution < 1.29 is 19.0 Å². The molecule has 0 aliphatic carbocycles. The fourth-order valence-corrected chi connectivity index (χ4v) is 3.43. The molecule has 0 spiro atoms. The molecule has 0 aromatic heterocycles. The highest BCUT2D eigenvalue weighted by Crippen LogP contribution is 2.31. The van der Waals surface area contributed by atoms with Crippen LogP contribution in [0.2, 0.25) is 0 Å². The van der Waals surface area contributed by atoms with Crippen molar-refractivity contribution in [3.63, 3.8) is 0 Å². The molecule has 1 aliphatic heterocycles. The molecule has 1 fully saturated rings. The summed E-state index contributed by atoms with van der Waals surface area (Å²) in [5.41, 5.74) is 1.15. The highest BCUT2D eigenvalue weighted by atomic mass is 16.5. The van der Waals surface area contributed by atoms with Crippen LogP contribution in [0.15, 0.2) is 18.2 Å². The molecule has 0 N–H and O–H groups in total. The number of amides is 1. The predicted octanol–water partition coefficient (Wildman–Crippen LogP) is 1.88. The summed E-state index contributed by atoms with van der Waals surface area (Å²) in [5, 5.41) is 0. The number of methoxy groups -OCH3 is 2. The molecule has 2 unspecified atom stereocenters. The van der Waals surface area contributed by atoms with Gasteiger partial charge in [-0.05, 0) is 24.6 Å². The number of rotatable bonds is 8. The lowest BCUT2D eigenvalue weighted by Crippen LogP contribution is -2.35. The van der Waals surface area contributed by atoms with Gasteiger partial charge in [0.05, 0.1) is 26.2 Å². The van der Waals surface area contributed by atoms with E-state index in [2.05, 4.69) is 11.0 Å². The first-order chi connectivity index (χ1) is 12.0. The average Bonchev–Trinajstić information content (AvgIpc) is 2.98. The van der Waals surface area contributed by atoms with E-state index in [0.717, 1.165) is 36.7 Å². The zero-order valence-corrected chi connectivity index (χ0v) is 15.9. The van der Waals surface area contributed by atoms with Crippen LogP contribution in [0.1, 0.15) is 12.5 Å². The van der Waals surface area contributed by atoms with Gasteiger partial charge in [-0.2, -0.15) is 0 Å². The Hall–Kier alpha value is -1.79. The van der Waals surface area contributed by atoms with Gasteiger partial charge in [0.25, 0.3) is 0 Å². The summed E-state index contributed by atoms with van der Waals surface area (Å²) >= 11 is 0. The maximum absolute atomic E-state index is 12.5. The van der Waals surface area contributed by atoms with E-state index in [1.165, 1.54) is 0 Å². The highest BCUT2D eigenvalue weighted by molar-refractivity contribution is 5.79. The van der Waals surface area contributed by atoms with Gasteiger partial charge in [-0.1, -0.05) is 6.07 Å². The van der Waals surface area contributed by atoms with Crippen LogP contribution in [-0.2, 0) is 16.1 Å². The Labute approximate surface area is 150 Å². The van der Waals surface area contributed by atoms with Crippen molar-refractivity contribution >= 4 is 5.91 Å². The van der Waals surface area contributed by atoms with Crippen molar-refractivity contribution in [3.05, 3.63) is 23.8 Å². The van der Waals surface area contributed by atoms with Gasteiger partial charge in [-0.15, -0.1) is 0 Å². The molecule has 2 rings (SSSR count). The molecule has 6 nitrogen and oxygen atoms in total. The maximum atomic E-state index is 12.5. The minimum atomic E-state index is -0.0143. The Morgan fingerprint density at radius 3 is 2.60 bits per heavy atom. The molecule has 1 saturated heterocycles. The molecular weight excluding hydrogens is 320 g/mol. The van der Waals surface area contributed by atoms with Gasteiger partial charge < -0.3 is 19.1 Å². The summed E-state index contributed by atoms with van der Waals surface area (Å²) in [5.74, 6) is 1.89. The zero-order chi connectivity index (χ0) is 18.4. The Morgan fingerprint density at radius 1 is 1.24 bits per heavy atom. The molecule has 0 saturated carbocycles. The molecule has 2 atom stereocenters. The first-order valence-corrected chi connectivity index (χ1v) is 8.72. The quantitative estimate of drug-likeness (QED) is 0.716. The van der Waals surface area contributed by atoms with Gasteiger partial charge in [0.2, 0.25) is 5.91 Å². The third kappa shape index (κ3) is 4.86. The first-order valence-electron chi connectivity index (χ1n) is 8.72. The van der Waals surface area contributed by atoms with Crippen molar-refractivity contribution in [2.45, 2.75) is 13.5 Å². The molecule has 1 aromatic rings. The standard InChI is InChI=1S/C19H30N2O4/c1-6-25-17-8-7-14(9-18(17)24-5)10-21-11-15(13-23-4)16(12-21)19(22)20(2)3/h7-9,15-16H,6,10-13H2,1-5H3. The minimum absolute atomic E-state index is 0.0143. The van der Waals surface area contributed by atoms with Crippen LogP contribution in [-0.4, -0.2) is 70.3 Å². The first kappa shape index (κ1) is 19.5. The summed E-state index contributed by atoms with van der Waals surface area (Å²) in [6.45, 7) is 5.55. The molecule has 6 heteroatoms. The lowest BCUT2D eigenvalue weighted by Gasteiger charge is -2.20. The second-order valence-electron chi connectivity index (χ2n) is 6.67. The van der Waals surface area contributed by atoms with Crippen LogP contribution >= 0.6 is 0 Å².